The molecule has 2 rings (SSSR count). The van der Waals surface area contributed by atoms with E-state index in [0.717, 1.165) is 0 Å². The molecule has 13 heavy (non-hydrogen) atoms. The number of H-pyrrole nitrogens is 1. The summed E-state index contributed by atoms with van der Waals surface area (Å²) < 4.78 is 24.8. The third kappa shape index (κ3) is 1.27. The van der Waals surface area contributed by atoms with E-state index >= 15 is 0 Å². The van der Waals surface area contributed by atoms with Gasteiger partial charge in [0, 0.05) is 5.56 Å². The van der Waals surface area contributed by atoms with Crippen LogP contribution in [0.2, 0.25) is 5.02 Å². The van der Waals surface area contributed by atoms with Gasteiger partial charge < -0.3 is 4.98 Å². The summed E-state index contributed by atoms with van der Waals surface area (Å²) in [6.45, 7) is 0. The van der Waals surface area contributed by atoms with Crippen LogP contribution in [0.1, 0.15) is 12.0 Å². The predicted molar refractivity (Wildman–Crippen MR) is 46.1 cm³/mol. The summed E-state index contributed by atoms with van der Waals surface area (Å²) in [7, 11) is 0. The van der Waals surface area contributed by atoms with Gasteiger partial charge in [0.25, 0.3) is 6.43 Å². The second kappa shape index (κ2) is 2.96. The van der Waals surface area contributed by atoms with E-state index in [-0.39, 0.29) is 11.1 Å². The lowest BCUT2D eigenvalue weighted by Crippen LogP contribution is -1.86. The van der Waals surface area contributed by atoms with Crippen molar-refractivity contribution in [1.82, 2.24) is 9.97 Å². The standard InChI is InChI=1S/C8H5ClF2N2/c9-5-2-1-4(8(10)11)6-7(5)13-3-12-6/h1-3,8H,(H,12,13). The quantitative estimate of drug-likeness (QED) is 0.756. The predicted octanol–water partition coefficient (Wildman–Crippen LogP) is 3.15. The number of hydrogen-bond acceptors (Lipinski definition) is 1. The molecule has 1 heterocycles. The zero-order valence-electron chi connectivity index (χ0n) is 6.39. The van der Waals surface area contributed by atoms with Gasteiger partial charge in [-0.15, -0.1) is 0 Å². The first-order valence-corrected chi connectivity index (χ1v) is 3.97. The van der Waals surface area contributed by atoms with E-state index in [1.54, 1.807) is 0 Å². The maximum absolute atomic E-state index is 12.4. The monoisotopic (exact) mass is 202 g/mol. The molecule has 0 saturated carbocycles. The Labute approximate surface area is 77.5 Å². The molecule has 0 atom stereocenters. The molecule has 0 aliphatic heterocycles. The number of hydrogen-bond donors (Lipinski definition) is 1. The van der Waals surface area contributed by atoms with Gasteiger partial charge >= 0.3 is 0 Å². The van der Waals surface area contributed by atoms with Crippen molar-refractivity contribution in [3.05, 3.63) is 29.0 Å². The Balaban J connectivity index is 2.78. The molecule has 2 aromatic rings. The van der Waals surface area contributed by atoms with Crippen molar-refractivity contribution >= 4 is 22.6 Å². The van der Waals surface area contributed by atoms with E-state index < -0.39 is 6.43 Å². The zero-order valence-corrected chi connectivity index (χ0v) is 7.15. The molecule has 0 radical (unpaired) electrons. The normalized spacial score (nSPS) is 11.4. The minimum absolute atomic E-state index is 0.0966. The minimum atomic E-state index is -2.52. The van der Waals surface area contributed by atoms with Gasteiger partial charge in [-0.1, -0.05) is 11.6 Å². The molecule has 0 unspecified atom stereocenters. The summed E-state index contributed by atoms with van der Waals surface area (Å²) in [5.41, 5.74) is 0.600. The number of benzene rings is 1. The summed E-state index contributed by atoms with van der Waals surface area (Å²) in [5, 5.41) is 0.400. The fraction of sp³-hybridized carbons (Fsp3) is 0.125. The summed E-state index contributed by atoms with van der Waals surface area (Å²) in [6, 6.07) is 2.72. The number of nitrogens with zero attached hydrogens (tertiary/aromatic N) is 1. The molecule has 0 aliphatic rings. The smallest absolute Gasteiger partial charge is 0.266 e. The number of fused-ring (bicyclic) bond motifs is 1. The van der Waals surface area contributed by atoms with E-state index in [0.29, 0.717) is 10.5 Å². The number of nitrogens with one attached hydrogen (secondary N) is 1. The molecule has 0 amide bonds. The molecule has 1 aromatic carbocycles. The number of aromatic nitrogens is 2. The number of halogens is 3. The van der Waals surface area contributed by atoms with Gasteiger partial charge in [0.1, 0.15) is 0 Å². The highest BCUT2D eigenvalue weighted by molar-refractivity contribution is 6.35. The van der Waals surface area contributed by atoms with Crippen LogP contribution in [-0.4, -0.2) is 9.97 Å². The first kappa shape index (κ1) is 8.44. The Morgan fingerprint density at radius 3 is 2.85 bits per heavy atom. The second-order valence-electron chi connectivity index (χ2n) is 2.56. The van der Waals surface area contributed by atoms with E-state index in [1.165, 1.54) is 18.5 Å². The third-order valence-corrected chi connectivity index (χ3v) is 2.11. The van der Waals surface area contributed by atoms with Crippen molar-refractivity contribution in [3.63, 3.8) is 0 Å². The van der Waals surface area contributed by atoms with Gasteiger partial charge in [-0.2, -0.15) is 0 Å². The van der Waals surface area contributed by atoms with Gasteiger partial charge in [0.2, 0.25) is 0 Å². The van der Waals surface area contributed by atoms with Crippen molar-refractivity contribution in [1.29, 1.82) is 0 Å². The van der Waals surface area contributed by atoms with Crippen molar-refractivity contribution in [2.45, 2.75) is 6.43 Å². The zero-order chi connectivity index (χ0) is 9.42. The minimum Gasteiger partial charge on any atom is -0.343 e. The van der Waals surface area contributed by atoms with E-state index in [9.17, 15) is 8.78 Å². The van der Waals surface area contributed by atoms with Crippen LogP contribution >= 0.6 is 11.6 Å². The highest BCUT2D eigenvalue weighted by Gasteiger charge is 2.14. The summed E-state index contributed by atoms with van der Waals surface area (Å²) in [6.07, 6.45) is -1.18. The Morgan fingerprint density at radius 2 is 2.15 bits per heavy atom. The fourth-order valence-corrected chi connectivity index (χ4v) is 1.40. The van der Waals surface area contributed by atoms with Crippen molar-refractivity contribution in [3.8, 4) is 0 Å². The Morgan fingerprint density at radius 1 is 1.38 bits per heavy atom. The molecule has 1 N–H and O–H groups in total. The molecule has 2 nitrogen and oxygen atoms in total. The highest BCUT2D eigenvalue weighted by Crippen LogP contribution is 2.29. The largest absolute Gasteiger partial charge is 0.343 e. The molecule has 68 valence electrons. The van der Waals surface area contributed by atoms with Crippen LogP contribution in [0.25, 0.3) is 11.0 Å². The van der Waals surface area contributed by atoms with E-state index in [4.69, 9.17) is 11.6 Å². The average Bonchev–Trinajstić information content (AvgIpc) is 2.53. The lowest BCUT2D eigenvalue weighted by atomic mass is 10.2. The van der Waals surface area contributed by atoms with Crippen LogP contribution in [0.4, 0.5) is 8.78 Å². The first-order valence-electron chi connectivity index (χ1n) is 3.60. The fourth-order valence-electron chi connectivity index (χ4n) is 1.20. The van der Waals surface area contributed by atoms with Crippen LogP contribution < -0.4 is 0 Å². The van der Waals surface area contributed by atoms with Crippen LogP contribution in [0.15, 0.2) is 18.5 Å². The number of alkyl halides is 2. The van der Waals surface area contributed by atoms with Crippen LogP contribution in [0, 0.1) is 0 Å². The summed E-state index contributed by atoms with van der Waals surface area (Å²) in [5.74, 6) is 0. The van der Waals surface area contributed by atoms with Gasteiger partial charge in [-0.25, -0.2) is 13.8 Å². The maximum Gasteiger partial charge on any atom is 0.266 e. The van der Waals surface area contributed by atoms with E-state index in [2.05, 4.69) is 9.97 Å². The molecule has 5 heteroatoms. The second-order valence-corrected chi connectivity index (χ2v) is 2.97. The Kier molecular flexibility index (Phi) is 1.92. The molecule has 0 aliphatic carbocycles. The number of rotatable bonds is 1. The average molecular weight is 203 g/mol. The van der Waals surface area contributed by atoms with Crippen molar-refractivity contribution in [2.75, 3.05) is 0 Å². The molecular formula is C8H5ClF2N2. The molecule has 0 saturated heterocycles. The SMILES string of the molecule is FC(F)c1ccc(Cl)c2[nH]cnc12. The molecule has 1 aromatic heterocycles. The van der Waals surface area contributed by atoms with Crippen LogP contribution in [0.5, 0.6) is 0 Å². The van der Waals surface area contributed by atoms with Gasteiger partial charge in [0.15, 0.2) is 0 Å². The van der Waals surface area contributed by atoms with Gasteiger partial charge in [-0.3, -0.25) is 0 Å². The Bertz CT molecular complexity index is 439. The van der Waals surface area contributed by atoms with Crippen molar-refractivity contribution in [2.24, 2.45) is 0 Å². The molecular weight excluding hydrogens is 198 g/mol. The van der Waals surface area contributed by atoms with Crippen LogP contribution in [0.3, 0.4) is 0 Å². The Hall–Kier alpha value is -1.16. The molecule has 0 spiro atoms. The van der Waals surface area contributed by atoms with Gasteiger partial charge in [-0.05, 0) is 12.1 Å². The van der Waals surface area contributed by atoms with Crippen molar-refractivity contribution < 1.29 is 8.78 Å². The first-order chi connectivity index (χ1) is 6.20. The summed E-state index contributed by atoms with van der Waals surface area (Å²) >= 11 is 5.76. The van der Waals surface area contributed by atoms with E-state index in [1.807, 2.05) is 0 Å². The third-order valence-electron chi connectivity index (χ3n) is 1.80. The molecule has 0 bridgehead atoms. The maximum atomic E-state index is 12.4. The molecule has 0 fully saturated rings. The van der Waals surface area contributed by atoms with Gasteiger partial charge in [0.05, 0.1) is 22.4 Å². The number of aromatic amines is 1. The lowest BCUT2D eigenvalue weighted by molar-refractivity contribution is 0.153. The highest BCUT2D eigenvalue weighted by atomic mass is 35.5. The lowest BCUT2D eigenvalue weighted by Gasteiger charge is -2.00. The summed E-state index contributed by atoms with van der Waals surface area (Å²) in [4.78, 5) is 6.49. The van der Waals surface area contributed by atoms with Crippen LogP contribution in [-0.2, 0) is 0 Å². The number of imidazole rings is 1. The topological polar surface area (TPSA) is 28.7 Å².